The Kier molecular flexibility index (Phi) is 103. The molecule has 0 aliphatic heterocycles. The van der Waals surface area contributed by atoms with Gasteiger partial charge in [-0.05, 0) is 0 Å². The molecule has 0 heterocycles. The van der Waals surface area contributed by atoms with Crippen molar-refractivity contribution in [2.24, 2.45) is 0 Å². The third-order valence-corrected chi connectivity index (χ3v) is 0.707. The summed E-state index contributed by atoms with van der Waals surface area (Å²) in [6.07, 6.45) is 4.56. The van der Waals surface area contributed by atoms with E-state index in [0.29, 0.717) is 0 Å². The van der Waals surface area contributed by atoms with Crippen LogP contribution in [-0.2, 0) is 17.1 Å². The van der Waals surface area contributed by atoms with Crippen molar-refractivity contribution in [3.63, 3.8) is 0 Å². The third-order valence-electron chi connectivity index (χ3n) is 0.707. The monoisotopic (exact) mass is 204 g/mol. The van der Waals surface area contributed by atoms with Crippen LogP contribution in [0, 0.1) is 25.7 Å². The van der Waals surface area contributed by atoms with E-state index in [9.17, 15) is 0 Å². The van der Waals surface area contributed by atoms with Gasteiger partial charge in [0.1, 0.15) is 0 Å². The van der Waals surface area contributed by atoms with Crippen molar-refractivity contribution in [3.8, 4) is 6.57 Å². The molecule has 0 aromatic heterocycles. The minimum absolute atomic E-state index is 0. The zero-order valence-electron chi connectivity index (χ0n) is 7.57. The van der Waals surface area contributed by atoms with Gasteiger partial charge >= 0.3 is 17.1 Å². The van der Waals surface area contributed by atoms with E-state index in [0.717, 1.165) is 12.8 Å². The van der Waals surface area contributed by atoms with E-state index in [1.54, 1.807) is 0 Å². The van der Waals surface area contributed by atoms with E-state index in [2.05, 4.69) is 34.3 Å². The standard InChI is InChI=1S/2C4H9.CHN.Cu/c2*1-3-4-2;1-2;/h2*1,3-4H2,2H3;1H;/q2*-1;;+2. The van der Waals surface area contributed by atoms with Crippen molar-refractivity contribution < 1.29 is 17.1 Å². The molecule has 0 saturated carbocycles. The summed E-state index contributed by atoms with van der Waals surface area (Å²) < 4.78 is 0. The second kappa shape index (κ2) is 50.5. The average Bonchev–Trinajstić information content (AvgIpc) is 2.08. The predicted molar refractivity (Wildman–Crippen MR) is 47.2 cm³/mol. The van der Waals surface area contributed by atoms with E-state index in [1.807, 2.05) is 0 Å². The van der Waals surface area contributed by atoms with Crippen LogP contribution in [0.25, 0.3) is 0 Å². The molecule has 0 aromatic carbocycles. The molecule has 0 aliphatic carbocycles. The molecule has 1 nitrogen and oxygen atoms in total. The Balaban J connectivity index is -0.0000000339. The Morgan fingerprint density at radius 3 is 1.09 bits per heavy atom. The molecule has 0 aliphatic rings. The first kappa shape index (κ1) is 22.5. The van der Waals surface area contributed by atoms with Crippen molar-refractivity contribution in [3.05, 3.63) is 13.8 Å². The summed E-state index contributed by atoms with van der Waals surface area (Å²) in [5.41, 5.74) is 0. The molecule has 0 aromatic rings. The second-order valence-electron chi connectivity index (χ2n) is 1.71. The summed E-state index contributed by atoms with van der Waals surface area (Å²) in [4.78, 5) is 0. The van der Waals surface area contributed by atoms with Crippen molar-refractivity contribution in [1.82, 2.24) is 0 Å². The molecule has 2 heteroatoms. The Hall–Kier alpha value is 0.00948. The first-order valence-corrected chi connectivity index (χ1v) is 3.67. The number of nitrogens with zero attached hydrogens (tertiary/aromatic N) is 1. The smallest absolute Gasteiger partial charge is 0.343 e. The molecule has 0 bridgehead atoms. The van der Waals surface area contributed by atoms with Crippen molar-refractivity contribution in [2.45, 2.75) is 39.5 Å². The molecule has 11 heavy (non-hydrogen) atoms. The number of rotatable bonds is 2. The minimum atomic E-state index is 0. The van der Waals surface area contributed by atoms with Gasteiger partial charge in [0.05, 0.1) is 0 Å². The summed E-state index contributed by atoms with van der Waals surface area (Å²) >= 11 is 0. The van der Waals surface area contributed by atoms with Crippen molar-refractivity contribution in [1.29, 1.82) is 5.26 Å². The largest absolute Gasteiger partial charge is 2.00 e. The maximum atomic E-state index is 6.50. The zero-order valence-corrected chi connectivity index (χ0v) is 8.51. The number of nitriles is 1. The minimum Gasteiger partial charge on any atom is -0.343 e. The molecular weight excluding hydrogens is 186 g/mol. The second-order valence-corrected chi connectivity index (χ2v) is 1.71. The summed E-state index contributed by atoms with van der Waals surface area (Å²) in [6, 6.07) is 0. The van der Waals surface area contributed by atoms with Crippen LogP contribution < -0.4 is 0 Å². The van der Waals surface area contributed by atoms with Crippen LogP contribution in [0.2, 0.25) is 0 Å². The Morgan fingerprint density at radius 2 is 1.09 bits per heavy atom. The number of hydrogen-bond acceptors (Lipinski definition) is 1. The van der Waals surface area contributed by atoms with Crippen LogP contribution in [-0.4, -0.2) is 0 Å². The first-order valence-electron chi connectivity index (χ1n) is 3.67. The normalized spacial score (nSPS) is 5.64. The Bertz CT molecular complexity index is 36.1. The summed E-state index contributed by atoms with van der Waals surface area (Å²) in [7, 11) is 0. The van der Waals surface area contributed by atoms with Gasteiger partial charge in [0.2, 0.25) is 0 Å². The first-order chi connectivity index (χ1) is 4.83. The van der Waals surface area contributed by atoms with E-state index in [-0.39, 0.29) is 17.1 Å². The number of hydrogen-bond donors (Lipinski definition) is 0. The van der Waals surface area contributed by atoms with E-state index >= 15 is 0 Å². The molecule has 0 unspecified atom stereocenters. The molecule has 0 atom stereocenters. The van der Waals surface area contributed by atoms with Crippen LogP contribution in [0.4, 0.5) is 0 Å². The predicted octanol–water partition coefficient (Wildman–Crippen LogP) is 3.38. The molecule has 0 amide bonds. The molecule has 0 rings (SSSR count). The van der Waals surface area contributed by atoms with E-state index in [1.165, 1.54) is 12.8 Å². The van der Waals surface area contributed by atoms with Gasteiger partial charge in [-0.2, -0.15) is 12.8 Å². The Labute approximate surface area is 82.7 Å². The van der Waals surface area contributed by atoms with Crippen molar-refractivity contribution in [2.75, 3.05) is 0 Å². The van der Waals surface area contributed by atoms with Gasteiger partial charge in [-0.3, -0.25) is 0 Å². The molecule has 0 saturated heterocycles. The van der Waals surface area contributed by atoms with Gasteiger partial charge in [0, 0.05) is 6.57 Å². The topological polar surface area (TPSA) is 23.8 Å². The van der Waals surface area contributed by atoms with Crippen LogP contribution in [0.1, 0.15) is 39.5 Å². The van der Waals surface area contributed by atoms with Gasteiger partial charge in [-0.1, -0.05) is 26.7 Å². The number of unbranched alkanes of at least 4 members (excludes halogenated alkanes) is 2. The zero-order chi connectivity index (χ0) is 8.83. The summed E-state index contributed by atoms with van der Waals surface area (Å²) in [6.45, 7) is 14.9. The molecular formula is C9H19CuN. The molecule has 0 spiro atoms. The quantitative estimate of drug-likeness (QED) is 0.500. The van der Waals surface area contributed by atoms with E-state index < -0.39 is 0 Å². The van der Waals surface area contributed by atoms with Crippen LogP contribution in [0.5, 0.6) is 0 Å². The summed E-state index contributed by atoms with van der Waals surface area (Å²) in [5.74, 6) is 0. The fourth-order valence-corrected chi connectivity index (χ4v) is 0. The molecule has 1 radical (unpaired) electrons. The van der Waals surface area contributed by atoms with Crippen LogP contribution in [0.3, 0.4) is 0 Å². The molecule has 71 valence electrons. The molecule has 0 N–H and O–H groups in total. The van der Waals surface area contributed by atoms with Gasteiger partial charge in [0.25, 0.3) is 0 Å². The maximum absolute atomic E-state index is 6.50. The SMILES string of the molecule is C#N.[CH2-]CCC.[CH2-]CCC.[Cu+2]. The van der Waals surface area contributed by atoms with Crippen LogP contribution >= 0.6 is 0 Å². The molecule has 0 fully saturated rings. The third kappa shape index (κ3) is 159. The van der Waals surface area contributed by atoms with Crippen molar-refractivity contribution >= 4 is 0 Å². The fraction of sp³-hybridized carbons (Fsp3) is 0.667. The van der Waals surface area contributed by atoms with Crippen LogP contribution in [0.15, 0.2) is 0 Å². The van der Waals surface area contributed by atoms with Gasteiger partial charge in [-0.25, -0.2) is 5.26 Å². The fourth-order valence-electron chi connectivity index (χ4n) is 0. The van der Waals surface area contributed by atoms with Gasteiger partial charge < -0.3 is 13.8 Å². The van der Waals surface area contributed by atoms with E-state index in [4.69, 9.17) is 5.26 Å². The Morgan fingerprint density at radius 1 is 1.00 bits per heavy atom. The maximum Gasteiger partial charge on any atom is 2.00 e. The van der Waals surface area contributed by atoms with Gasteiger partial charge in [0.15, 0.2) is 0 Å². The summed E-state index contributed by atoms with van der Waals surface area (Å²) in [5, 5.41) is 6.50. The average molecular weight is 205 g/mol. The van der Waals surface area contributed by atoms with Gasteiger partial charge in [-0.15, -0.1) is 0 Å².